The third-order valence-corrected chi connectivity index (χ3v) is 19.0. The molecule has 5 rings (SSSR count). The van der Waals surface area contributed by atoms with Crippen LogP contribution in [0, 0.1) is 41.4 Å². The fraction of sp³-hybridized carbons (Fsp3) is 0.816. The van der Waals surface area contributed by atoms with Gasteiger partial charge >= 0.3 is 24.1 Å². The van der Waals surface area contributed by atoms with Gasteiger partial charge in [-0.15, -0.1) is 0 Å². The number of carboxylic acids is 1. The molecule has 18 atom stereocenters. The third-order valence-electron chi connectivity index (χ3n) is 19.0. The van der Waals surface area contributed by atoms with Gasteiger partial charge in [0.1, 0.15) is 36.7 Å². The molecule has 0 bridgehead atoms. The van der Waals surface area contributed by atoms with Gasteiger partial charge in [0.15, 0.2) is 12.6 Å². The number of Topliss-reactive ketones (excluding diaryl/α,β-unsaturated/α-hetero) is 1. The van der Waals surface area contributed by atoms with Crippen molar-refractivity contribution in [3.05, 3.63) is 35.6 Å². The number of hydrogen-bond donors (Lipinski definition) is 13. The zero-order valence-electron chi connectivity index (χ0n) is 78.4. The molecule has 35 nitrogen and oxygen atoms in total. The molecule has 0 aromatic heterocycles. The van der Waals surface area contributed by atoms with Gasteiger partial charge in [0.05, 0.1) is 67.7 Å². The van der Waals surface area contributed by atoms with Crippen LogP contribution in [0.15, 0.2) is 35.6 Å². The van der Waals surface area contributed by atoms with Gasteiger partial charge in [0.2, 0.25) is 0 Å². The molecule has 0 aromatic rings. The molecule has 18 unspecified atom stereocenters. The minimum atomic E-state index is -1.46. The Morgan fingerprint density at radius 1 is 0.615 bits per heavy atom. The number of allylic oxidation sites excluding steroid dienone is 5. The van der Waals surface area contributed by atoms with Gasteiger partial charge in [-0.3, -0.25) is 33.6 Å². The Morgan fingerprint density at radius 3 is 1.53 bits per heavy atom. The lowest BCUT2D eigenvalue weighted by Gasteiger charge is -2.39. The highest BCUT2D eigenvalue weighted by molar-refractivity contribution is 5.78. The Bertz CT molecular complexity index is 2530. The Labute approximate surface area is 729 Å². The Morgan fingerprint density at radius 2 is 1.08 bits per heavy atom. The smallest absolute Gasteiger partial charge is 0.506 e. The second-order valence-corrected chi connectivity index (χ2v) is 29.8. The van der Waals surface area contributed by atoms with E-state index in [1.807, 2.05) is 94.6 Å². The quantitative estimate of drug-likeness (QED) is 0.0396. The molecule has 5 aliphatic heterocycles. The minimum absolute atomic E-state index is 0. The second kappa shape index (κ2) is 95.1. The first-order valence-electron chi connectivity index (χ1n) is 41.9. The van der Waals surface area contributed by atoms with Crippen molar-refractivity contribution in [2.75, 3.05) is 83.6 Å². The number of rotatable bonds is 11. The Hall–Kier alpha value is -6.52. The summed E-state index contributed by atoms with van der Waals surface area (Å²) in [6.07, 6.45) is 22.2. The predicted molar refractivity (Wildman–Crippen MR) is 468 cm³/mol. The zero-order chi connectivity index (χ0) is 94.9. The third kappa shape index (κ3) is 81.8. The lowest BCUT2D eigenvalue weighted by atomic mass is 9.84. The van der Waals surface area contributed by atoms with Gasteiger partial charge in [-0.05, 0) is 209 Å². The first-order chi connectivity index (χ1) is 56.7. The molecular formula is C87H172N2O33. The second-order valence-electron chi connectivity index (χ2n) is 29.8. The van der Waals surface area contributed by atoms with Crippen molar-refractivity contribution in [3.63, 3.8) is 0 Å². The summed E-state index contributed by atoms with van der Waals surface area (Å²) in [6.45, 7) is 29.9. The molecule has 35 heteroatoms. The van der Waals surface area contributed by atoms with Crippen LogP contribution in [0.5, 0.6) is 0 Å². The summed E-state index contributed by atoms with van der Waals surface area (Å²) in [5.74, 6) is -2.45. The van der Waals surface area contributed by atoms with Crippen LogP contribution in [0.25, 0.3) is 0 Å². The van der Waals surface area contributed by atoms with E-state index in [1.165, 1.54) is 52.6 Å². The number of nitrogens with zero attached hydrogens (tertiary/aromatic N) is 2. The van der Waals surface area contributed by atoms with Crippen molar-refractivity contribution in [3.8, 4) is 0 Å². The maximum atomic E-state index is 12.4. The Balaban J connectivity index is -0.000000131. The summed E-state index contributed by atoms with van der Waals surface area (Å²) < 4.78 is 40.2. The zero-order valence-corrected chi connectivity index (χ0v) is 78.4. The molecule has 0 spiro atoms. The number of carboxylic acid groups (broad SMARTS) is 3. The molecule has 3 fully saturated rings. The Kier molecular flexibility index (Phi) is 108. The topological polar surface area (TPSA) is 577 Å². The number of aldehydes is 2. The van der Waals surface area contributed by atoms with Crippen LogP contribution in [0.1, 0.15) is 264 Å². The highest BCUT2D eigenvalue weighted by Gasteiger charge is 2.38. The number of aliphatic hydroxyl groups is 10. The van der Waals surface area contributed by atoms with E-state index in [-0.39, 0.29) is 78.0 Å². The molecule has 0 radical (unpaired) electrons. The van der Waals surface area contributed by atoms with Crippen molar-refractivity contribution in [1.29, 1.82) is 0 Å². The molecule has 5 heterocycles. The van der Waals surface area contributed by atoms with E-state index in [1.54, 1.807) is 20.8 Å². The van der Waals surface area contributed by atoms with Crippen LogP contribution in [-0.4, -0.2) is 306 Å². The lowest BCUT2D eigenvalue weighted by Crippen LogP contribution is -2.50. The molecule has 17 N–H and O–H groups in total. The van der Waals surface area contributed by atoms with Gasteiger partial charge in [-0.2, -0.15) is 0 Å². The number of cyclic esters (lactones) is 3. The van der Waals surface area contributed by atoms with Crippen LogP contribution >= 0.6 is 0 Å². The normalized spacial score (nSPS) is 27.6. The first kappa shape index (κ1) is 139. The number of aliphatic hydroxyl groups excluding tert-OH is 10. The highest BCUT2D eigenvalue weighted by Crippen LogP contribution is 2.30. The number of ether oxygens (including phenoxy) is 8. The summed E-state index contributed by atoms with van der Waals surface area (Å²) in [5.41, 5.74) is 0.925. The molecule has 0 amide bonds. The predicted octanol–water partition coefficient (Wildman–Crippen LogP) is 9.37. The van der Waals surface area contributed by atoms with Crippen LogP contribution in [0.3, 0.4) is 0 Å². The molecule has 3 saturated heterocycles. The van der Waals surface area contributed by atoms with E-state index in [2.05, 4.69) is 41.7 Å². The summed E-state index contributed by atoms with van der Waals surface area (Å²) in [5, 5.41) is 111. The number of methoxy groups -OCH3 is 1. The number of carbonyl (C=O) groups is 10. The van der Waals surface area contributed by atoms with E-state index < -0.39 is 91.0 Å². The maximum absolute atomic E-state index is 12.4. The summed E-state index contributed by atoms with van der Waals surface area (Å²) in [7, 11) is 13.2. The van der Waals surface area contributed by atoms with E-state index in [9.17, 15) is 59.4 Å². The molecule has 0 saturated carbocycles. The lowest BCUT2D eigenvalue weighted by molar-refractivity contribution is -0.201. The van der Waals surface area contributed by atoms with Gasteiger partial charge in [-0.25, -0.2) is 4.79 Å². The van der Waals surface area contributed by atoms with E-state index in [0.717, 1.165) is 130 Å². The van der Waals surface area contributed by atoms with Crippen molar-refractivity contribution in [2.45, 2.75) is 338 Å². The van der Waals surface area contributed by atoms with Crippen LogP contribution in [0.4, 0.5) is 4.79 Å². The van der Waals surface area contributed by atoms with Crippen LogP contribution in [0.2, 0.25) is 0 Å². The number of hydrogen-bond acceptors (Lipinski definition) is 30. The average Bonchev–Trinajstić information content (AvgIpc) is 0.830. The monoisotopic (exact) mass is 1770 g/mol. The maximum Gasteiger partial charge on any atom is 0.506 e. The molecule has 0 aliphatic carbocycles. The molecule has 0 aromatic carbocycles. The van der Waals surface area contributed by atoms with E-state index in [4.69, 9.17) is 88.1 Å². The van der Waals surface area contributed by atoms with E-state index >= 15 is 0 Å². The van der Waals surface area contributed by atoms with Crippen LogP contribution in [-0.2, 0) is 81.0 Å². The van der Waals surface area contributed by atoms with Crippen molar-refractivity contribution >= 4 is 61.3 Å². The van der Waals surface area contributed by atoms with E-state index in [0.29, 0.717) is 76.2 Å². The minimum Gasteiger partial charge on any atom is -0.512 e. The standard InChI is InChI=1S/C19H32O7.C18H32O5.C15H24O2.C9H17NO3.C8H17NO2.C7H16O.2C2H4O2.C2H4O.CH2O2.4CH4O.2H2O/c1-5-15-16(26-19(23)24)9-8-14(20)7-6-11(2)10-12(3)17(21)13(4)18(22)25-15;1-5-16-15(20)10-9-14(19)11(2)7-6-8-12(3)17(21)13(4)18(22)23-16;16-15-13-11-9-7-5-3-1-2-4-6-8-10-12-14-17-15;1-6-4-8(10(2)3)7(5-11)9(12)13-6;1-6-4-7(9(2)3)5-8(10)11-6;1-4-8-6-5-7(2)3;1-4-2-3;1-2(3)4;1-2-3;2-1-3;4*1-2;;/h11-13,15-17,21H,5-10H2,1-4H3,(H,23,24);12-13,15-17,19-21H,5-10H2,1-4H3;4,6,8,10H,1-3,5,7,9,11-14H2;5-9,12H,4H2,1-3H3;6-8,10H,4-5H2,1-3H3;7H,4-6H2,1-3H3;2H,1H3;1H3,(H,3,4);2H,1H3;1H,(H,2,3);4*2H,1H3;2*1H2/b;14-11+;6-4+,10-8+;;;;;;;;;;;;;. The number of ketones is 1. The molecular weight excluding hydrogens is 1600 g/mol. The molecule has 5 aliphatic rings. The highest BCUT2D eigenvalue weighted by atomic mass is 16.7. The van der Waals surface area contributed by atoms with Crippen molar-refractivity contribution < 1.29 is 163 Å². The SMILES string of the molecule is CC(=O)O.CC1CC(N(C)C)C(C=O)C(O)O1.CC1CC(N(C)C)CC(O)O1.CC=O.CCC1OC(=O)C(C)C(O)C(C)CC(C)CCC(=O)CCC1OC(=O)O.CCC1OC(=O)C(C)C(O)C(C)CCC/C(C)=C(/O)CCC1O.CCOCCC(C)C.CO.CO.CO.CO.COC=O.O.O.O=C1CCCCCCCC/C=C/C=C/CCO1.O=CO. The van der Waals surface area contributed by atoms with Gasteiger partial charge in [0, 0.05) is 92.8 Å². The first-order valence-corrected chi connectivity index (χ1v) is 41.9. The van der Waals surface area contributed by atoms with Crippen molar-refractivity contribution in [2.24, 2.45) is 41.4 Å². The molecule has 728 valence electrons. The summed E-state index contributed by atoms with van der Waals surface area (Å²) >= 11 is 0. The average molecular weight is 1770 g/mol. The fourth-order valence-electron chi connectivity index (χ4n) is 12.2. The summed E-state index contributed by atoms with van der Waals surface area (Å²) in [4.78, 5) is 109. The molecule has 122 heavy (non-hydrogen) atoms. The fourth-order valence-corrected chi connectivity index (χ4v) is 12.2. The number of carbonyl (C=O) groups excluding carboxylic acids is 7. The van der Waals surface area contributed by atoms with Crippen molar-refractivity contribution in [1.82, 2.24) is 9.80 Å². The number of esters is 3. The van der Waals surface area contributed by atoms with Crippen LogP contribution < -0.4 is 0 Å². The summed E-state index contributed by atoms with van der Waals surface area (Å²) in [6, 6.07) is 0.546. The van der Waals surface area contributed by atoms with Gasteiger partial charge in [-0.1, -0.05) is 98.5 Å². The largest absolute Gasteiger partial charge is 0.512 e. The number of aliphatic carboxylic acids is 1. The van der Waals surface area contributed by atoms with Gasteiger partial charge in [0.25, 0.3) is 18.9 Å². The van der Waals surface area contributed by atoms with Gasteiger partial charge < -0.3 is 135 Å².